The van der Waals surface area contributed by atoms with Crippen LogP contribution in [0.1, 0.15) is 11.1 Å². The van der Waals surface area contributed by atoms with E-state index in [9.17, 15) is 0 Å². The molecule has 0 bridgehead atoms. The van der Waals surface area contributed by atoms with E-state index in [1.165, 1.54) is 21.5 Å². The van der Waals surface area contributed by atoms with Gasteiger partial charge in [-0.1, -0.05) is 49.6 Å². The molecule has 4 aromatic rings. The van der Waals surface area contributed by atoms with Gasteiger partial charge in [-0.2, -0.15) is 0 Å². The summed E-state index contributed by atoms with van der Waals surface area (Å²) < 4.78 is 0. The van der Waals surface area contributed by atoms with Crippen LogP contribution in [0.5, 0.6) is 0 Å². The predicted octanol–water partition coefficient (Wildman–Crippen LogP) is 5.09. The van der Waals surface area contributed by atoms with Gasteiger partial charge in [0.15, 0.2) is 0 Å². The Hall–Kier alpha value is -2.74. The summed E-state index contributed by atoms with van der Waals surface area (Å²) in [6, 6.07) is 8.65. The van der Waals surface area contributed by atoms with Crippen LogP contribution in [0, 0.1) is 0 Å². The number of nitrogens with one attached hydrogen (secondary N) is 2. The largest absolute Gasteiger partial charge is 0.360 e. The molecule has 0 fully saturated rings. The lowest BCUT2D eigenvalue weighted by molar-refractivity contribution is 1.47. The van der Waals surface area contributed by atoms with Gasteiger partial charge in [0.2, 0.25) is 0 Å². The van der Waals surface area contributed by atoms with Crippen molar-refractivity contribution >= 4 is 44.7 Å². The zero-order valence-electron chi connectivity index (χ0n) is 11.0. The molecule has 0 spiro atoms. The Balaban J connectivity index is 2.21. The van der Waals surface area contributed by atoms with E-state index in [1.807, 2.05) is 24.5 Å². The summed E-state index contributed by atoms with van der Waals surface area (Å²) in [6.45, 7) is 7.72. The smallest absolute Gasteiger partial charge is 0.0540 e. The molecule has 0 radical (unpaired) electrons. The zero-order chi connectivity index (χ0) is 13.7. The maximum absolute atomic E-state index is 3.86. The summed E-state index contributed by atoms with van der Waals surface area (Å²) in [6.07, 6.45) is 7.78. The molecule has 2 heterocycles. The van der Waals surface area contributed by atoms with E-state index >= 15 is 0 Å². The Kier molecular flexibility index (Phi) is 2.15. The lowest BCUT2D eigenvalue weighted by Gasteiger charge is -2.03. The summed E-state index contributed by atoms with van der Waals surface area (Å²) in [7, 11) is 0. The van der Waals surface area contributed by atoms with Crippen LogP contribution in [0.3, 0.4) is 0 Å². The van der Waals surface area contributed by atoms with Crippen molar-refractivity contribution in [3.05, 3.63) is 60.9 Å². The Bertz CT molecular complexity index is 901. The average molecular weight is 258 g/mol. The van der Waals surface area contributed by atoms with E-state index < -0.39 is 0 Å². The molecule has 2 aromatic carbocycles. The monoisotopic (exact) mass is 258 g/mol. The van der Waals surface area contributed by atoms with Gasteiger partial charge in [-0.3, -0.25) is 0 Å². The molecule has 0 aliphatic rings. The van der Waals surface area contributed by atoms with Crippen LogP contribution >= 0.6 is 0 Å². The normalized spacial score (nSPS) is 11.4. The highest BCUT2D eigenvalue weighted by molar-refractivity contribution is 6.17. The molecule has 0 aliphatic carbocycles. The van der Waals surface area contributed by atoms with Gasteiger partial charge in [-0.15, -0.1) is 0 Å². The molecule has 2 nitrogen and oxygen atoms in total. The zero-order valence-corrected chi connectivity index (χ0v) is 11.0. The maximum Gasteiger partial charge on any atom is 0.0540 e. The van der Waals surface area contributed by atoms with E-state index in [-0.39, 0.29) is 0 Å². The quantitative estimate of drug-likeness (QED) is 0.502. The van der Waals surface area contributed by atoms with Crippen LogP contribution in [-0.4, -0.2) is 9.97 Å². The fourth-order valence-corrected chi connectivity index (χ4v) is 2.99. The molecule has 0 aliphatic heterocycles. The van der Waals surface area contributed by atoms with Gasteiger partial charge in [0.25, 0.3) is 0 Å². The molecule has 2 heteroatoms. The molecular formula is C18H14N2. The molecule has 4 rings (SSSR count). The van der Waals surface area contributed by atoms with E-state index in [1.54, 1.807) is 0 Å². The van der Waals surface area contributed by atoms with Gasteiger partial charge in [-0.25, -0.2) is 0 Å². The summed E-state index contributed by atoms with van der Waals surface area (Å²) in [5.74, 6) is 0. The van der Waals surface area contributed by atoms with Crippen molar-refractivity contribution in [3.63, 3.8) is 0 Å². The third-order valence-electron chi connectivity index (χ3n) is 4.01. The van der Waals surface area contributed by atoms with Crippen molar-refractivity contribution in [2.45, 2.75) is 0 Å². The molecule has 0 amide bonds. The lowest BCUT2D eigenvalue weighted by Crippen LogP contribution is -1.79. The van der Waals surface area contributed by atoms with Gasteiger partial charge in [0.05, 0.1) is 11.0 Å². The predicted molar refractivity (Wildman–Crippen MR) is 87.8 cm³/mol. The molecule has 96 valence electrons. The van der Waals surface area contributed by atoms with Crippen molar-refractivity contribution < 1.29 is 0 Å². The highest BCUT2D eigenvalue weighted by atomic mass is 14.7. The second kappa shape index (κ2) is 3.87. The van der Waals surface area contributed by atoms with Crippen LogP contribution in [0.25, 0.3) is 44.7 Å². The molecular weight excluding hydrogens is 244 g/mol. The van der Waals surface area contributed by atoms with Crippen molar-refractivity contribution in [2.75, 3.05) is 0 Å². The van der Waals surface area contributed by atoms with E-state index in [0.29, 0.717) is 0 Å². The van der Waals surface area contributed by atoms with Gasteiger partial charge in [-0.05, 0) is 11.1 Å². The van der Waals surface area contributed by atoms with E-state index in [4.69, 9.17) is 0 Å². The van der Waals surface area contributed by atoms with Gasteiger partial charge < -0.3 is 9.97 Å². The summed E-state index contributed by atoms with van der Waals surface area (Å²) in [4.78, 5) is 6.72. The first kappa shape index (κ1) is 11.1. The highest BCUT2D eigenvalue weighted by Crippen LogP contribution is 2.33. The summed E-state index contributed by atoms with van der Waals surface area (Å²) in [5, 5.41) is 4.87. The highest BCUT2D eigenvalue weighted by Gasteiger charge is 2.09. The van der Waals surface area contributed by atoms with Crippen LogP contribution < -0.4 is 0 Å². The van der Waals surface area contributed by atoms with Crippen molar-refractivity contribution in [1.29, 1.82) is 0 Å². The minimum atomic E-state index is 1.14. The number of aromatic nitrogens is 2. The summed E-state index contributed by atoms with van der Waals surface area (Å²) >= 11 is 0. The number of benzene rings is 2. The average Bonchev–Trinajstić information content (AvgIpc) is 3.09. The van der Waals surface area contributed by atoms with Crippen LogP contribution in [-0.2, 0) is 0 Å². The number of fused-ring (bicyclic) bond motifs is 5. The molecule has 0 unspecified atom stereocenters. The minimum absolute atomic E-state index is 1.14. The first-order chi connectivity index (χ1) is 9.83. The number of H-pyrrole nitrogens is 2. The fraction of sp³-hybridized carbons (Fsp3) is 0. The van der Waals surface area contributed by atoms with Gasteiger partial charge in [0, 0.05) is 33.9 Å². The third kappa shape index (κ3) is 1.28. The SMILES string of the molecule is C=Cc1c[nH]c2c1ccc1c2ccc2c(C=C)c[nH]c21. The third-order valence-corrected chi connectivity index (χ3v) is 4.01. The van der Waals surface area contributed by atoms with Gasteiger partial charge >= 0.3 is 0 Å². The first-order valence-corrected chi connectivity index (χ1v) is 6.62. The molecule has 2 aromatic heterocycles. The Morgan fingerprint density at radius 2 is 1.05 bits per heavy atom. The molecule has 0 saturated carbocycles. The maximum atomic E-state index is 3.86. The molecule has 0 saturated heterocycles. The number of aromatic amines is 2. The number of hydrogen-bond acceptors (Lipinski definition) is 0. The topological polar surface area (TPSA) is 31.6 Å². The molecule has 20 heavy (non-hydrogen) atoms. The van der Waals surface area contributed by atoms with E-state index in [2.05, 4.69) is 47.4 Å². The van der Waals surface area contributed by atoms with Crippen molar-refractivity contribution in [2.24, 2.45) is 0 Å². The van der Waals surface area contributed by atoms with Crippen molar-refractivity contribution in [3.8, 4) is 0 Å². The van der Waals surface area contributed by atoms with E-state index in [0.717, 1.165) is 22.2 Å². The summed E-state index contributed by atoms with van der Waals surface area (Å²) in [5.41, 5.74) is 4.60. The fourth-order valence-electron chi connectivity index (χ4n) is 2.99. The Morgan fingerprint density at radius 1 is 0.650 bits per heavy atom. The van der Waals surface area contributed by atoms with Crippen LogP contribution in [0.2, 0.25) is 0 Å². The standard InChI is InChI=1S/C18H14N2/c1-3-11-9-19-17-13(11)5-7-16-15(17)8-6-14-12(4-2)10-20-18(14)16/h3-10,19-20H,1-2H2. The lowest BCUT2D eigenvalue weighted by atomic mass is 10.0. The second-order valence-corrected chi connectivity index (χ2v) is 4.97. The number of hydrogen-bond donors (Lipinski definition) is 2. The Labute approximate surface area is 116 Å². The molecule has 2 N–H and O–H groups in total. The molecule has 0 atom stereocenters. The van der Waals surface area contributed by atoms with Crippen LogP contribution in [0.15, 0.2) is 49.8 Å². The number of rotatable bonds is 2. The Morgan fingerprint density at radius 3 is 1.45 bits per heavy atom. The minimum Gasteiger partial charge on any atom is -0.360 e. The second-order valence-electron chi connectivity index (χ2n) is 4.97. The van der Waals surface area contributed by atoms with Gasteiger partial charge in [0.1, 0.15) is 0 Å². The van der Waals surface area contributed by atoms with Crippen LogP contribution in [0.4, 0.5) is 0 Å². The first-order valence-electron chi connectivity index (χ1n) is 6.62. The van der Waals surface area contributed by atoms with Crippen molar-refractivity contribution in [1.82, 2.24) is 9.97 Å².